The molecule has 0 aromatic heterocycles. The molecule has 1 spiro atoms. The molecule has 11 nitrogen and oxygen atoms in total. The largest absolute Gasteiger partial charge is 0.394 e. The van der Waals surface area contributed by atoms with Gasteiger partial charge in [0.05, 0.1) is 19.3 Å². The summed E-state index contributed by atoms with van der Waals surface area (Å²) in [6, 6.07) is 3.53. The molecule has 1 atom stereocenters. The topological polar surface area (TPSA) is 149 Å². The summed E-state index contributed by atoms with van der Waals surface area (Å²) in [5.74, 6) is 0.254. The standard InChI is InChI=1S/C35H51F3N4O7S/c1-25-21-27(32(45)41-16-10-29(11-17-41)49-24-28(44)23-43)22-26(2)30(25)12-20-50(47,48)42-18-14-34(15-19-42)33(46)39-31(40-34)9-7-5-3-4-6-8-13-35(36,37)38/h12,20-22,28-29,43-44H,3-11,13-19,23-24H2,1-2H3,(H,39,40,46)/t28-/m1/s1. The molecule has 0 bridgehead atoms. The number of sulfonamides is 1. The van der Waals surface area contributed by atoms with E-state index < -0.39 is 34.3 Å². The third kappa shape index (κ3) is 11.1. The molecule has 3 N–H and O–H groups in total. The number of alkyl halides is 3. The van der Waals surface area contributed by atoms with Gasteiger partial charge in [-0.05, 0) is 87.3 Å². The van der Waals surface area contributed by atoms with Crippen molar-refractivity contribution in [3.05, 3.63) is 39.8 Å². The van der Waals surface area contributed by atoms with Gasteiger partial charge in [0.2, 0.25) is 10.0 Å². The zero-order valence-electron chi connectivity index (χ0n) is 29.0. The third-order valence-corrected chi connectivity index (χ3v) is 11.3. The number of aryl methyl sites for hydroxylation is 2. The van der Waals surface area contributed by atoms with Crippen LogP contribution in [0.4, 0.5) is 13.2 Å². The number of hydrogen-bond donors (Lipinski definition) is 3. The Morgan fingerprint density at radius 3 is 2.26 bits per heavy atom. The maximum atomic E-state index is 13.3. The Hall–Kier alpha value is -2.85. The number of nitrogens with one attached hydrogen (secondary N) is 1. The zero-order valence-corrected chi connectivity index (χ0v) is 29.8. The number of aliphatic hydroxyl groups excluding tert-OH is 2. The first-order valence-corrected chi connectivity index (χ1v) is 19.1. The highest BCUT2D eigenvalue weighted by Gasteiger charge is 2.47. The fraction of sp³-hybridized carbons (Fsp3) is 0.686. The van der Waals surface area contributed by atoms with Crippen molar-refractivity contribution in [3.63, 3.8) is 0 Å². The second-order valence-electron chi connectivity index (χ2n) is 13.7. The molecular weight excluding hydrogens is 677 g/mol. The molecule has 0 aliphatic carbocycles. The van der Waals surface area contributed by atoms with E-state index in [-0.39, 0.29) is 63.5 Å². The number of aliphatic imine (C=N–C) groups is 1. The van der Waals surface area contributed by atoms with Crippen molar-refractivity contribution in [1.82, 2.24) is 14.5 Å². The van der Waals surface area contributed by atoms with E-state index in [1.807, 2.05) is 13.8 Å². The first kappa shape index (κ1) is 39.9. The van der Waals surface area contributed by atoms with E-state index in [0.29, 0.717) is 55.7 Å². The number of likely N-dealkylation sites (tertiary alicyclic amines) is 1. The Kier molecular flexibility index (Phi) is 14.0. The quantitative estimate of drug-likeness (QED) is 0.211. The molecule has 3 aliphatic heterocycles. The van der Waals surface area contributed by atoms with E-state index in [2.05, 4.69) is 10.3 Å². The second kappa shape index (κ2) is 17.6. The number of piperidine rings is 2. The van der Waals surface area contributed by atoms with E-state index in [4.69, 9.17) is 9.84 Å². The van der Waals surface area contributed by atoms with E-state index in [0.717, 1.165) is 36.8 Å². The number of halogens is 3. The van der Waals surface area contributed by atoms with Crippen molar-refractivity contribution in [1.29, 1.82) is 0 Å². The van der Waals surface area contributed by atoms with Crippen molar-refractivity contribution in [2.24, 2.45) is 4.99 Å². The number of amidine groups is 1. The van der Waals surface area contributed by atoms with Crippen molar-refractivity contribution in [3.8, 4) is 0 Å². The normalized spacial score (nSPS) is 19.7. The SMILES string of the molecule is Cc1cc(C(=O)N2CCC(OC[C@H](O)CO)CC2)cc(C)c1C=CS(=O)(=O)N1CCC2(CC1)N=C(CCCCCCCCC(F)(F)F)NC2=O. The number of rotatable bonds is 16. The highest BCUT2D eigenvalue weighted by atomic mass is 32.2. The molecule has 4 rings (SSSR count). The van der Waals surface area contributed by atoms with Crippen molar-refractivity contribution >= 4 is 33.7 Å². The number of hydrogen-bond acceptors (Lipinski definition) is 8. The van der Waals surface area contributed by atoms with Crippen LogP contribution in [0.3, 0.4) is 0 Å². The maximum absolute atomic E-state index is 13.3. The minimum absolute atomic E-state index is 0.0513. The molecule has 2 amide bonds. The summed E-state index contributed by atoms with van der Waals surface area (Å²) >= 11 is 0. The molecule has 2 saturated heterocycles. The van der Waals surface area contributed by atoms with Crippen LogP contribution in [0, 0.1) is 13.8 Å². The number of ether oxygens (including phenoxy) is 1. The summed E-state index contributed by atoms with van der Waals surface area (Å²) in [5, 5.41) is 22.5. The molecule has 0 saturated carbocycles. The summed E-state index contributed by atoms with van der Waals surface area (Å²) in [4.78, 5) is 32.6. The molecule has 0 unspecified atom stereocenters. The zero-order chi connectivity index (χ0) is 36.5. The number of aliphatic hydroxyl groups is 2. The summed E-state index contributed by atoms with van der Waals surface area (Å²) < 4.78 is 70.4. The number of unbranched alkanes of at least 4 members (excludes halogenated alkanes) is 5. The highest BCUT2D eigenvalue weighted by Crippen LogP contribution is 2.32. The fourth-order valence-electron chi connectivity index (χ4n) is 6.79. The minimum Gasteiger partial charge on any atom is -0.394 e. The minimum atomic E-state index is -4.10. The van der Waals surface area contributed by atoms with E-state index >= 15 is 0 Å². The highest BCUT2D eigenvalue weighted by molar-refractivity contribution is 7.92. The molecule has 15 heteroatoms. The van der Waals surface area contributed by atoms with Gasteiger partial charge < -0.3 is 25.2 Å². The molecule has 280 valence electrons. The Bertz CT molecular complexity index is 1480. The smallest absolute Gasteiger partial charge is 0.389 e. The van der Waals surface area contributed by atoms with E-state index in [1.54, 1.807) is 23.1 Å². The van der Waals surface area contributed by atoms with Crippen molar-refractivity contribution < 1.29 is 46.1 Å². The lowest BCUT2D eigenvalue weighted by atomic mass is 9.89. The molecule has 1 aromatic carbocycles. The van der Waals surface area contributed by atoms with Crippen LogP contribution in [0.2, 0.25) is 0 Å². The van der Waals surface area contributed by atoms with Crippen LogP contribution in [-0.4, -0.2) is 109 Å². The van der Waals surface area contributed by atoms with Crippen LogP contribution in [0.15, 0.2) is 22.5 Å². The van der Waals surface area contributed by atoms with Gasteiger partial charge >= 0.3 is 6.18 Å². The van der Waals surface area contributed by atoms with Crippen molar-refractivity contribution in [2.45, 2.75) is 115 Å². The van der Waals surface area contributed by atoms with E-state index in [9.17, 15) is 36.3 Å². The van der Waals surface area contributed by atoms with Gasteiger partial charge in [0.15, 0.2) is 0 Å². The lowest BCUT2D eigenvalue weighted by molar-refractivity contribution is -0.135. The van der Waals surface area contributed by atoms with Gasteiger partial charge in [-0.1, -0.05) is 25.7 Å². The summed E-state index contributed by atoms with van der Waals surface area (Å²) in [5.41, 5.74) is 1.77. The Morgan fingerprint density at radius 1 is 1.06 bits per heavy atom. The Balaban J connectivity index is 1.25. The molecular formula is C35H51F3N4O7S. The van der Waals surface area contributed by atoms with Gasteiger partial charge in [-0.25, -0.2) is 8.42 Å². The van der Waals surface area contributed by atoms with Crippen LogP contribution in [0.1, 0.15) is 104 Å². The average Bonchev–Trinajstić information content (AvgIpc) is 3.37. The molecule has 0 radical (unpaired) electrons. The van der Waals surface area contributed by atoms with Gasteiger partial charge in [-0.15, -0.1) is 0 Å². The first-order valence-electron chi connectivity index (χ1n) is 17.6. The summed E-state index contributed by atoms with van der Waals surface area (Å²) in [6.07, 6.45) is 1.87. The van der Waals surface area contributed by atoms with Crippen LogP contribution >= 0.6 is 0 Å². The molecule has 1 aromatic rings. The monoisotopic (exact) mass is 728 g/mol. The van der Waals surface area contributed by atoms with Gasteiger partial charge in [0, 0.05) is 50.0 Å². The summed E-state index contributed by atoms with van der Waals surface area (Å²) in [6.45, 7) is 4.64. The van der Waals surface area contributed by atoms with Gasteiger partial charge in [-0.2, -0.15) is 17.5 Å². The predicted molar refractivity (Wildman–Crippen MR) is 184 cm³/mol. The Morgan fingerprint density at radius 2 is 1.66 bits per heavy atom. The first-order chi connectivity index (χ1) is 23.6. The number of carbonyl (C=O) groups is 2. The third-order valence-electron chi connectivity index (χ3n) is 9.77. The number of nitrogens with zero attached hydrogens (tertiary/aromatic N) is 3. The average molecular weight is 729 g/mol. The fourth-order valence-corrected chi connectivity index (χ4v) is 7.96. The van der Waals surface area contributed by atoms with Crippen LogP contribution < -0.4 is 5.32 Å². The number of carbonyl (C=O) groups excluding carboxylic acids is 2. The Labute approximate surface area is 293 Å². The van der Waals surface area contributed by atoms with Crippen molar-refractivity contribution in [2.75, 3.05) is 39.4 Å². The van der Waals surface area contributed by atoms with Crippen LogP contribution in [-0.2, 0) is 19.6 Å². The van der Waals surface area contributed by atoms with Gasteiger partial charge in [0.1, 0.15) is 17.5 Å². The number of benzene rings is 1. The van der Waals surface area contributed by atoms with E-state index in [1.165, 1.54) is 9.71 Å². The molecule has 3 heterocycles. The molecule has 3 aliphatic rings. The van der Waals surface area contributed by atoms with Crippen LogP contribution in [0.5, 0.6) is 0 Å². The lowest BCUT2D eigenvalue weighted by Gasteiger charge is -2.34. The second-order valence-corrected chi connectivity index (χ2v) is 15.5. The lowest BCUT2D eigenvalue weighted by Crippen LogP contribution is -2.50. The summed E-state index contributed by atoms with van der Waals surface area (Å²) in [7, 11) is -3.80. The molecule has 50 heavy (non-hydrogen) atoms. The molecule has 2 fully saturated rings. The van der Waals surface area contributed by atoms with Gasteiger partial charge in [-0.3, -0.25) is 14.6 Å². The number of amides is 2. The maximum Gasteiger partial charge on any atom is 0.389 e. The van der Waals surface area contributed by atoms with Gasteiger partial charge in [0.25, 0.3) is 11.8 Å². The predicted octanol–water partition coefficient (Wildman–Crippen LogP) is 4.62. The van der Waals surface area contributed by atoms with Crippen LogP contribution in [0.25, 0.3) is 6.08 Å².